The van der Waals surface area contributed by atoms with Crippen LogP contribution in [-0.2, 0) is 13.1 Å². The maximum absolute atomic E-state index is 12.3. The summed E-state index contributed by atoms with van der Waals surface area (Å²) in [5, 5.41) is 6.32. The molecule has 0 fully saturated rings. The predicted octanol–water partition coefficient (Wildman–Crippen LogP) is 3.16. The number of aliphatic imine (C=N–C) groups is 1. The number of halogens is 2. The molecule has 2 rings (SSSR count). The molecule has 2 aromatic rings. The van der Waals surface area contributed by atoms with Gasteiger partial charge >= 0.3 is 6.61 Å². The van der Waals surface area contributed by atoms with Crippen molar-refractivity contribution >= 4 is 5.96 Å². The van der Waals surface area contributed by atoms with Crippen molar-refractivity contribution in [3.05, 3.63) is 59.7 Å². The molecule has 0 heterocycles. The molecule has 0 bridgehead atoms. The van der Waals surface area contributed by atoms with E-state index >= 15 is 0 Å². The molecule has 0 saturated carbocycles. The first-order chi connectivity index (χ1) is 12.1. The minimum atomic E-state index is -2.83. The summed E-state index contributed by atoms with van der Waals surface area (Å²) >= 11 is 0. The Balaban J connectivity index is 1.85. The lowest BCUT2D eigenvalue weighted by Gasteiger charge is -2.13. The van der Waals surface area contributed by atoms with E-state index in [-0.39, 0.29) is 5.75 Å². The van der Waals surface area contributed by atoms with Crippen molar-refractivity contribution in [2.75, 3.05) is 14.2 Å². The molecule has 0 atom stereocenters. The number of nitrogens with one attached hydrogen (secondary N) is 2. The Kier molecular flexibility index (Phi) is 7.00. The minimum Gasteiger partial charge on any atom is -0.497 e. The number of methoxy groups -OCH3 is 1. The summed E-state index contributed by atoms with van der Waals surface area (Å²) in [5.74, 6) is 1.55. The number of hydrogen-bond donors (Lipinski definition) is 2. The van der Waals surface area contributed by atoms with Gasteiger partial charge in [-0.25, -0.2) is 0 Å². The number of nitrogens with zero attached hydrogens (tertiary/aromatic N) is 1. The zero-order valence-corrected chi connectivity index (χ0v) is 14.1. The summed E-state index contributed by atoms with van der Waals surface area (Å²) in [6.07, 6.45) is 0. The molecule has 0 unspecified atom stereocenters. The molecule has 25 heavy (non-hydrogen) atoms. The van der Waals surface area contributed by atoms with Crippen LogP contribution < -0.4 is 20.1 Å². The van der Waals surface area contributed by atoms with Gasteiger partial charge in [0.15, 0.2) is 5.96 Å². The van der Waals surface area contributed by atoms with Gasteiger partial charge < -0.3 is 20.1 Å². The fourth-order valence-electron chi connectivity index (χ4n) is 2.17. The highest BCUT2D eigenvalue weighted by Crippen LogP contribution is 2.15. The topological polar surface area (TPSA) is 54.9 Å². The van der Waals surface area contributed by atoms with E-state index < -0.39 is 6.61 Å². The van der Waals surface area contributed by atoms with Crippen molar-refractivity contribution in [1.82, 2.24) is 10.6 Å². The van der Waals surface area contributed by atoms with Crippen LogP contribution >= 0.6 is 0 Å². The first-order valence-electron chi connectivity index (χ1n) is 7.72. The third-order valence-corrected chi connectivity index (χ3v) is 3.43. The van der Waals surface area contributed by atoms with Gasteiger partial charge in [-0.2, -0.15) is 8.78 Å². The lowest BCUT2D eigenvalue weighted by Crippen LogP contribution is -2.36. The molecule has 0 aliphatic heterocycles. The van der Waals surface area contributed by atoms with Gasteiger partial charge in [-0.1, -0.05) is 24.3 Å². The zero-order valence-electron chi connectivity index (χ0n) is 14.1. The second-order valence-electron chi connectivity index (χ2n) is 5.15. The Hall–Kier alpha value is -2.83. The molecular weight excluding hydrogens is 328 g/mol. The molecule has 0 aromatic heterocycles. The van der Waals surface area contributed by atoms with E-state index in [1.165, 1.54) is 6.07 Å². The van der Waals surface area contributed by atoms with Crippen molar-refractivity contribution < 1.29 is 18.3 Å². The molecule has 5 nitrogen and oxygen atoms in total. The molecule has 0 amide bonds. The number of alkyl halides is 2. The fraction of sp³-hybridized carbons (Fsp3) is 0.278. The van der Waals surface area contributed by atoms with E-state index in [1.807, 2.05) is 30.3 Å². The summed E-state index contributed by atoms with van der Waals surface area (Å²) in [7, 11) is 3.29. The standard InChI is InChI=1S/C18H21F2N3O2/c1-21-18(22-11-13-6-8-15(24-2)9-7-13)23-12-14-4-3-5-16(10-14)25-17(19)20/h3-10,17H,11-12H2,1-2H3,(H2,21,22,23). The first-order valence-corrected chi connectivity index (χ1v) is 7.72. The van der Waals surface area contributed by atoms with Gasteiger partial charge in [0.1, 0.15) is 11.5 Å². The first kappa shape index (κ1) is 18.5. The second kappa shape index (κ2) is 9.46. The van der Waals surface area contributed by atoms with Crippen LogP contribution in [0.4, 0.5) is 8.78 Å². The van der Waals surface area contributed by atoms with E-state index in [1.54, 1.807) is 26.3 Å². The van der Waals surface area contributed by atoms with Gasteiger partial charge in [0, 0.05) is 20.1 Å². The smallest absolute Gasteiger partial charge is 0.387 e. The molecule has 2 aromatic carbocycles. The molecule has 0 aliphatic carbocycles. The highest BCUT2D eigenvalue weighted by atomic mass is 19.3. The van der Waals surface area contributed by atoms with Crippen LogP contribution in [0.3, 0.4) is 0 Å². The Bertz CT molecular complexity index is 691. The van der Waals surface area contributed by atoms with Crippen LogP contribution in [0.5, 0.6) is 11.5 Å². The maximum Gasteiger partial charge on any atom is 0.387 e. The Morgan fingerprint density at radius 1 is 1.00 bits per heavy atom. The highest BCUT2D eigenvalue weighted by Gasteiger charge is 2.05. The second-order valence-corrected chi connectivity index (χ2v) is 5.15. The minimum absolute atomic E-state index is 0.135. The average molecular weight is 349 g/mol. The Labute approximate surface area is 145 Å². The number of benzene rings is 2. The van der Waals surface area contributed by atoms with Crippen LogP contribution in [0.25, 0.3) is 0 Å². The number of guanidine groups is 1. The molecule has 0 spiro atoms. The van der Waals surface area contributed by atoms with Gasteiger partial charge in [-0.3, -0.25) is 4.99 Å². The molecule has 0 radical (unpaired) electrons. The third-order valence-electron chi connectivity index (χ3n) is 3.43. The maximum atomic E-state index is 12.3. The van der Waals surface area contributed by atoms with Gasteiger partial charge in [-0.05, 0) is 35.4 Å². The van der Waals surface area contributed by atoms with Gasteiger partial charge in [0.05, 0.1) is 7.11 Å². The van der Waals surface area contributed by atoms with Gasteiger partial charge in [0.25, 0.3) is 0 Å². The summed E-state index contributed by atoms with van der Waals surface area (Å²) < 4.78 is 34.0. The van der Waals surface area contributed by atoms with Crippen molar-refractivity contribution in [3.8, 4) is 11.5 Å². The molecule has 7 heteroatoms. The van der Waals surface area contributed by atoms with Crippen molar-refractivity contribution in [1.29, 1.82) is 0 Å². The van der Waals surface area contributed by atoms with Crippen LogP contribution in [0.2, 0.25) is 0 Å². The third kappa shape index (κ3) is 6.29. The number of rotatable bonds is 7. The molecule has 0 aliphatic rings. The highest BCUT2D eigenvalue weighted by molar-refractivity contribution is 5.79. The van der Waals surface area contributed by atoms with Gasteiger partial charge in [-0.15, -0.1) is 0 Å². The summed E-state index contributed by atoms with van der Waals surface area (Å²) in [6, 6.07) is 14.3. The Morgan fingerprint density at radius 3 is 2.28 bits per heavy atom. The van der Waals surface area contributed by atoms with E-state index in [4.69, 9.17) is 4.74 Å². The molecule has 134 valence electrons. The normalized spacial score (nSPS) is 11.3. The van der Waals surface area contributed by atoms with Crippen molar-refractivity contribution in [2.24, 2.45) is 4.99 Å². The van der Waals surface area contributed by atoms with Crippen LogP contribution in [0, 0.1) is 0 Å². The van der Waals surface area contributed by atoms with E-state index in [9.17, 15) is 8.78 Å². The fourth-order valence-corrected chi connectivity index (χ4v) is 2.17. The van der Waals surface area contributed by atoms with Crippen LogP contribution in [0.1, 0.15) is 11.1 Å². The van der Waals surface area contributed by atoms with Crippen LogP contribution in [0.15, 0.2) is 53.5 Å². The molecule has 2 N–H and O–H groups in total. The van der Waals surface area contributed by atoms with Gasteiger partial charge in [0.2, 0.25) is 0 Å². The SMILES string of the molecule is CN=C(NCc1ccc(OC)cc1)NCc1cccc(OC(F)F)c1. The van der Waals surface area contributed by atoms with Crippen molar-refractivity contribution in [3.63, 3.8) is 0 Å². The van der Waals surface area contributed by atoms with E-state index in [0.717, 1.165) is 16.9 Å². The van der Waals surface area contributed by atoms with Crippen molar-refractivity contribution in [2.45, 2.75) is 19.7 Å². The monoisotopic (exact) mass is 349 g/mol. The summed E-state index contributed by atoms with van der Waals surface area (Å²) in [4.78, 5) is 4.14. The quantitative estimate of drug-likeness (QED) is 0.596. The summed E-state index contributed by atoms with van der Waals surface area (Å²) in [5.41, 5.74) is 1.89. The molecule has 0 saturated heterocycles. The Morgan fingerprint density at radius 2 is 1.68 bits per heavy atom. The van der Waals surface area contributed by atoms with Crippen LogP contribution in [-0.4, -0.2) is 26.7 Å². The zero-order chi connectivity index (χ0) is 18.1. The predicted molar refractivity (Wildman–Crippen MR) is 93.1 cm³/mol. The number of hydrogen-bond acceptors (Lipinski definition) is 3. The summed E-state index contributed by atoms with van der Waals surface area (Å²) in [6.45, 7) is -1.80. The number of ether oxygens (including phenoxy) is 2. The molecular formula is C18H21F2N3O2. The largest absolute Gasteiger partial charge is 0.497 e. The lowest BCUT2D eigenvalue weighted by molar-refractivity contribution is -0.0498. The lowest BCUT2D eigenvalue weighted by atomic mass is 10.2. The van der Waals surface area contributed by atoms with E-state index in [2.05, 4.69) is 20.4 Å². The van der Waals surface area contributed by atoms with E-state index in [0.29, 0.717) is 19.0 Å². The average Bonchev–Trinajstić information content (AvgIpc) is 2.62.